The van der Waals surface area contributed by atoms with Crippen LogP contribution in [0.3, 0.4) is 0 Å². The first-order chi connectivity index (χ1) is 7.84. The third-order valence-corrected chi connectivity index (χ3v) is 2.76. The molecule has 0 aliphatic carbocycles. The second kappa shape index (κ2) is 5.01. The van der Waals surface area contributed by atoms with Crippen LogP contribution in [0.2, 0.25) is 0 Å². The molecule has 1 aromatic rings. The quantitative estimate of drug-likeness (QED) is 0.864. The van der Waals surface area contributed by atoms with Crippen molar-refractivity contribution in [1.29, 1.82) is 5.26 Å². The molecule has 90 valence electrons. The summed E-state index contributed by atoms with van der Waals surface area (Å²) in [5, 5.41) is 8.79. The monoisotopic (exact) mass is 230 g/mol. The first kappa shape index (κ1) is 13.2. The maximum Gasteiger partial charge on any atom is 0.235 e. The number of rotatable bonds is 3. The van der Waals surface area contributed by atoms with Gasteiger partial charge in [-0.1, -0.05) is 45.0 Å². The van der Waals surface area contributed by atoms with E-state index in [0.29, 0.717) is 6.42 Å². The normalized spacial score (nSPS) is 12.8. The average Bonchev–Trinajstić information content (AvgIpc) is 2.25. The van der Waals surface area contributed by atoms with Crippen LogP contribution >= 0.6 is 0 Å². The van der Waals surface area contributed by atoms with Crippen molar-refractivity contribution in [3.63, 3.8) is 0 Å². The molecule has 0 aromatic heterocycles. The van der Waals surface area contributed by atoms with Crippen molar-refractivity contribution in [2.75, 3.05) is 0 Å². The van der Waals surface area contributed by atoms with Gasteiger partial charge in [0.2, 0.25) is 5.91 Å². The summed E-state index contributed by atoms with van der Waals surface area (Å²) < 4.78 is 0. The predicted molar refractivity (Wildman–Crippen MR) is 67.1 cm³/mol. The van der Waals surface area contributed by atoms with Crippen molar-refractivity contribution in [3.05, 3.63) is 35.4 Å². The van der Waals surface area contributed by atoms with E-state index in [1.165, 1.54) is 5.56 Å². The molecule has 0 aliphatic rings. The van der Waals surface area contributed by atoms with E-state index in [-0.39, 0.29) is 5.41 Å². The summed E-state index contributed by atoms with van der Waals surface area (Å²) in [7, 11) is 0. The number of carbonyl (C=O) groups is 1. The van der Waals surface area contributed by atoms with Gasteiger partial charge in [0.1, 0.15) is 5.92 Å². The van der Waals surface area contributed by atoms with E-state index >= 15 is 0 Å². The molecule has 1 rings (SSSR count). The maximum absolute atomic E-state index is 11.0. The van der Waals surface area contributed by atoms with E-state index in [4.69, 9.17) is 11.0 Å². The molecule has 0 saturated carbocycles. The SMILES string of the molecule is CC(C)(C)c1ccc(C[C@H](C#N)C(N)=O)cc1. The molecule has 17 heavy (non-hydrogen) atoms. The van der Waals surface area contributed by atoms with Crippen LogP contribution < -0.4 is 5.73 Å². The fourth-order valence-electron chi connectivity index (χ4n) is 1.59. The van der Waals surface area contributed by atoms with Gasteiger partial charge in [-0.2, -0.15) is 5.26 Å². The molecule has 3 heteroatoms. The van der Waals surface area contributed by atoms with Crippen LogP contribution in [0.25, 0.3) is 0 Å². The summed E-state index contributed by atoms with van der Waals surface area (Å²) in [4.78, 5) is 11.0. The Balaban J connectivity index is 2.83. The molecule has 0 unspecified atom stereocenters. The van der Waals surface area contributed by atoms with Crippen LogP contribution in [0.5, 0.6) is 0 Å². The van der Waals surface area contributed by atoms with E-state index in [2.05, 4.69) is 20.8 Å². The Morgan fingerprint density at radius 3 is 2.24 bits per heavy atom. The zero-order valence-electron chi connectivity index (χ0n) is 10.5. The van der Waals surface area contributed by atoms with Gasteiger partial charge in [0.05, 0.1) is 6.07 Å². The number of primary amides is 1. The van der Waals surface area contributed by atoms with Gasteiger partial charge in [-0.05, 0) is 23.0 Å². The molecule has 0 saturated heterocycles. The van der Waals surface area contributed by atoms with Gasteiger partial charge in [-0.25, -0.2) is 0 Å². The van der Waals surface area contributed by atoms with Crippen molar-refractivity contribution in [1.82, 2.24) is 0 Å². The summed E-state index contributed by atoms with van der Waals surface area (Å²) in [6.45, 7) is 6.43. The lowest BCUT2D eigenvalue weighted by atomic mass is 9.86. The zero-order valence-corrected chi connectivity index (χ0v) is 10.5. The van der Waals surface area contributed by atoms with Gasteiger partial charge in [-0.3, -0.25) is 4.79 Å². The Morgan fingerprint density at radius 2 is 1.88 bits per heavy atom. The topological polar surface area (TPSA) is 66.9 Å². The fourth-order valence-corrected chi connectivity index (χ4v) is 1.59. The molecule has 1 atom stereocenters. The lowest BCUT2D eigenvalue weighted by Crippen LogP contribution is -2.23. The number of nitriles is 1. The van der Waals surface area contributed by atoms with Gasteiger partial charge >= 0.3 is 0 Å². The molecular weight excluding hydrogens is 212 g/mol. The largest absolute Gasteiger partial charge is 0.369 e. The second-order valence-corrected chi connectivity index (χ2v) is 5.24. The molecule has 0 spiro atoms. The number of nitrogens with two attached hydrogens (primary N) is 1. The van der Waals surface area contributed by atoms with Crippen molar-refractivity contribution < 1.29 is 4.79 Å². The summed E-state index contributed by atoms with van der Waals surface area (Å²) in [5.41, 5.74) is 7.43. The van der Waals surface area contributed by atoms with E-state index in [0.717, 1.165) is 5.56 Å². The first-order valence-corrected chi connectivity index (χ1v) is 5.63. The standard InChI is InChI=1S/C14H18N2O/c1-14(2,3)12-6-4-10(5-7-12)8-11(9-15)13(16)17/h4-7,11H,8H2,1-3H3,(H2,16,17)/t11-/m1/s1. The Morgan fingerprint density at radius 1 is 1.35 bits per heavy atom. The van der Waals surface area contributed by atoms with Crippen LogP contribution in [0, 0.1) is 17.2 Å². The number of amides is 1. The van der Waals surface area contributed by atoms with Gasteiger partial charge in [0.15, 0.2) is 0 Å². The predicted octanol–water partition coefficient (Wildman–Crippen LogP) is 2.15. The van der Waals surface area contributed by atoms with E-state index < -0.39 is 11.8 Å². The molecule has 1 amide bonds. The minimum atomic E-state index is -0.740. The number of hydrogen-bond donors (Lipinski definition) is 1. The van der Waals surface area contributed by atoms with Crippen LogP contribution in [0.15, 0.2) is 24.3 Å². The number of benzene rings is 1. The van der Waals surface area contributed by atoms with Crippen LogP contribution in [0.4, 0.5) is 0 Å². The average molecular weight is 230 g/mol. The van der Waals surface area contributed by atoms with E-state index in [9.17, 15) is 4.79 Å². The van der Waals surface area contributed by atoms with E-state index in [1.54, 1.807) is 0 Å². The highest BCUT2D eigenvalue weighted by molar-refractivity contribution is 5.79. The van der Waals surface area contributed by atoms with Gasteiger partial charge < -0.3 is 5.73 Å². The van der Waals surface area contributed by atoms with Crippen molar-refractivity contribution in [2.45, 2.75) is 32.6 Å². The van der Waals surface area contributed by atoms with Crippen LogP contribution in [-0.4, -0.2) is 5.91 Å². The molecule has 0 bridgehead atoms. The summed E-state index contributed by atoms with van der Waals surface area (Å²) in [6, 6.07) is 9.89. The lowest BCUT2D eigenvalue weighted by molar-refractivity contribution is -0.120. The Kier molecular flexibility index (Phi) is 3.90. The zero-order chi connectivity index (χ0) is 13.1. The molecule has 0 aliphatic heterocycles. The van der Waals surface area contributed by atoms with Crippen LogP contribution in [0.1, 0.15) is 31.9 Å². The smallest absolute Gasteiger partial charge is 0.235 e. The van der Waals surface area contributed by atoms with Crippen molar-refractivity contribution in [2.24, 2.45) is 11.7 Å². The molecule has 0 heterocycles. The lowest BCUT2D eigenvalue weighted by Gasteiger charge is -2.19. The minimum Gasteiger partial charge on any atom is -0.369 e. The van der Waals surface area contributed by atoms with Crippen LogP contribution in [-0.2, 0) is 16.6 Å². The molecular formula is C14H18N2O. The Bertz CT molecular complexity index is 435. The van der Waals surface area contributed by atoms with Crippen molar-refractivity contribution in [3.8, 4) is 6.07 Å². The minimum absolute atomic E-state index is 0.108. The molecule has 1 aromatic carbocycles. The Hall–Kier alpha value is -1.82. The molecule has 3 nitrogen and oxygen atoms in total. The van der Waals surface area contributed by atoms with Gasteiger partial charge in [0.25, 0.3) is 0 Å². The Labute approximate surface area is 102 Å². The van der Waals surface area contributed by atoms with Gasteiger partial charge in [0, 0.05) is 0 Å². The molecule has 0 fully saturated rings. The van der Waals surface area contributed by atoms with Gasteiger partial charge in [-0.15, -0.1) is 0 Å². The number of nitrogens with zero attached hydrogens (tertiary/aromatic N) is 1. The second-order valence-electron chi connectivity index (χ2n) is 5.24. The maximum atomic E-state index is 11.0. The molecule has 0 radical (unpaired) electrons. The van der Waals surface area contributed by atoms with E-state index in [1.807, 2.05) is 30.3 Å². The highest BCUT2D eigenvalue weighted by Gasteiger charge is 2.16. The van der Waals surface area contributed by atoms with Crippen molar-refractivity contribution >= 4 is 5.91 Å². The fraction of sp³-hybridized carbons (Fsp3) is 0.429. The number of carbonyl (C=O) groups excluding carboxylic acids is 1. The highest BCUT2D eigenvalue weighted by atomic mass is 16.1. The summed E-state index contributed by atoms with van der Waals surface area (Å²) >= 11 is 0. The third-order valence-electron chi connectivity index (χ3n) is 2.76. The summed E-state index contributed by atoms with van der Waals surface area (Å²) in [5.74, 6) is -1.30. The first-order valence-electron chi connectivity index (χ1n) is 5.63. The summed E-state index contributed by atoms with van der Waals surface area (Å²) in [6.07, 6.45) is 0.385. The third kappa shape index (κ3) is 3.60. The highest BCUT2D eigenvalue weighted by Crippen LogP contribution is 2.22. The molecule has 2 N–H and O–H groups in total. The number of hydrogen-bond acceptors (Lipinski definition) is 2.